The Labute approximate surface area is 115 Å². The molecule has 2 aromatic carbocycles. The van der Waals surface area contributed by atoms with Crippen LogP contribution in [-0.2, 0) is 0 Å². The fourth-order valence-corrected chi connectivity index (χ4v) is 2.33. The molecule has 0 amide bonds. The number of halogens is 2. The minimum Gasteiger partial charge on any atom is -0.483 e. The summed E-state index contributed by atoms with van der Waals surface area (Å²) in [6.07, 6.45) is -0.690. The number of nitrogens with two attached hydrogens (primary N) is 1. The van der Waals surface area contributed by atoms with Gasteiger partial charge in [-0.3, -0.25) is 0 Å². The highest BCUT2D eigenvalue weighted by Crippen LogP contribution is 2.41. The smallest absolute Gasteiger partial charge is 0.149 e. The van der Waals surface area contributed by atoms with Gasteiger partial charge in [-0.05, 0) is 36.8 Å². The maximum absolute atomic E-state index is 14.4. The number of hydrogen-bond donors (Lipinski definition) is 1. The first-order chi connectivity index (χ1) is 9.56. The second-order valence-corrected chi connectivity index (χ2v) is 4.75. The minimum atomic E-state index is -0.690. The molecule has 20 heavy (non-hydrogen) atoms. The van der Waals surface area contributed by atoms with Gasteiger partial charge in [-0.25, -0.2) is 8.78 Å². The second kappa shape index (κ2) is 4.63. The molecule has 1 atom stereocenters. The number of anilines is 1. The van der Waals surface area contributed by atoms with Crippen LogP contribution in [-0.4, -0.2) is 6.10 Å². The lowest BCUT2D eigenvalue weighted by molar-refractivity contribution is 0.221. The SMILES string of the molecule is CC1Oc2cc(N)ccc2C(c2ccc(F)cc2)=C1F. The van der Waals surface area contributed by atoms with Crippen molar-refractivity contribution in [1.82, 2.24) is 0 Å². The zero-order valence-corrected chi connectivity index (χ0v) is 10.9. The lowest BCUT2D eigenvalue weighted by Crippen LogP contribution is -2.19. The van der Waals surface area contributed by atoms with Gasteiger partial charge in [0, 0.05) is 22.9 Å². The fraction of sp³-hybridized carbons (Fsp3) is 0.125. The average molecular weight is 273 g/mol. The molecule has 0 saturated heterocycles. The van der Waals surface area contributed by atoms with E-state index < -0.39 is 6.10 Å². The van der Waals surface area contributed by atoms with Crippen molar-refractivity contribution >= 4 is 11.3 Å². The first-order valence-electron chi connectivity index (χ1n) is 6.28. The first kappa shape index (κ1) is 12.7. The molecule has 4 heteroatoms. The van der Waals surface area contributed by atoms with Crippen LogP contribution in [0.2, 0.25) is 0 Å². The van der Waals surface area contributed by atoms with E-state index in [1.54, 1.807) is 37.3 Å². The molecule has 0 saturated carbocycles. The first-order valence-corrected chi connectivity index (χ1v) is 6.28. The van der Waals surface area contributed by atoms with E-state index in [0.29, 0.717) is 28.1 Å². The molecular weight excluding hydrogens is 260 g/mol. The number of benzene rings is 2. The molecule has 2 aromatic rings. The van der Waals surface area contributed by atoms with Crippen molar-refractivity contribution < 1.29 is 13.5 Å². The molecule has 0 radical (unpaired) electrons. The van der Waals surface area contributed by atoms with Crippen LogP contribution in [0.15, 0.2) is 48.3 Å². The van der Waals surface area contributed by atoms with Crippen LogP contribution in [0.1, 0.15) is 18.1 Å². The minimum absolute atomic E-state index is 0.354. The Morgan fingerprint density at radius 3 is 2.45 bits per heavy atom. The predicted molar refractivity (Wildman–Crippen MR) is 74.5 cm³/mol. The summed E-state index contributed by atoms with van der Waals surface area (Å²) in [6.45, 7) is 1.63. The molecule has 2 nitrogen and oxygen atoms in total. The topological polar surface area (TPSA) is 35.2 Å². The van der Waals surface area contributed by atoms with Gasteiger partial charge in [0.25, 0.3) is 0 Å². The summed E-state index contributed by atoms with van der Waals surface area (Å²) in [6, 6.07) is 10.8. The number of ether oxygens (including phenoxy) is 1. The normalized spacial score (nSPS) is 17.6. The molecule has 102 valence electrons. The van der Waals surface area contributed by atoms with Crippen molar-refractivity contribution in [3.05, 3.63) is 65.2 Å². The Morgan fingerprint density at radius 1 is 1.05 bits per heavy atom. The summed E-state index contributed by atoms with van der Waals surface area (Å²) in [4.78, 5) is 0. The summed E-state index contributed by atoms with van der Waals surface area (Å²) < 4.78 is 33.0. The number of nitrogen functional groups attached to an aromatic ring is 1. The lowest BCUT2D eigenvalue weighted by atomic mass is 9.93. The molecule has 0 fully saturated rings. The summed E-state index contributed by atoms with van der Waals surface area (Å²) in [5, 5.41) is 0. The third-order valence-electron chi connectivity index (χ3n) is 3.31. The number of hydrogen-bond acceptors (Lipinski definition) is 2. The standard InChI is InChI=1S/C16H13F2NO/c1-9-16(18)15(10-2-4-11(17)5-3-10)13-7-6-12(19)8-14(13)20-9/h2-9H,19H2,1H3. The highest BCUT2D eigenvalue weighted by atomic mass is 19.1. The Morgan fingerprint density at radius 2 is 1.75 bits per heavy atom. The van der Waals surface area contributed by atoms with E-state index in [9.17, 15) is 8.78 Å². The second-order valence-electron chi connectivity index (χ2n) is 4.75. The Kier molecular flexibility index (Phi) is 2.93. The van der Waals surface area contributed by atoms with Crippen LogP contribution < -0.4 is 10.5 Å². The van der Waals surface area contributed by atoms with Crippen LogP contribution in [0.3, 0.4) is 0 Å². The van der Waals surface area contributed by atoms with Gasteiger partial charge in [0.2, 0.25) is 0 Å². The Bertz CT molecular complexity index is 692. The van der Waals surface area contributed by atoms with Gasteiger partial charge in [-0.2, -0.15) is 0 Å². The monoisotopic (exact) mass is 273 g/mol. The van der Waals surface area contributed by atoms with Crippen molar-refractivity contribution in [2.45, 2.75) is 13.0 Å². The van der Waals surface area contributed by atoms with Gasteiger partial charge in [-0.1, -0.05) is 12.1 Å². The molecule has 0 spiro atoms. The number of rotatable bonds is 1. The van der Waals surface area contributed by atoms with Gasteiger partial charge >= 0.3 is 0 Å². The highest BCUT2D eigenvalue weighted by Gasteiger charge is 2.27. The van der Waals surface area contributed by atoms with Crippen molar-refractivity contribution in [2.75, 3.05) is 5.73 Å². The third-order valence-corrected chi connectivity index (χ3v) is 3.31. The van der Waals surface area contributed by atoms with Crippen LogP contribution >= 0.6 is 0 Å². The number of fused-ring (bicyclic) bond motifs is 1. The zero-order valence-electron chi connectivity index (χ0n) is 10.9. The molecule has 0 aliphatic carbocycles. The van der Waals surface area contributed by atoms with E-state index in [0.717, 1.165) is 0 Å². The zero-order chi connectivity index (χ0) is 14.3. The predicted octanol–water partition coefficient (Wildman–Crippen LogP) is 3.92. The Hall–Kier alpha value is -2.36. The van der Waals surface area contributed by atoms with Crippen LogP contribution in [0.25, 0.3) is 5.57 Å². The maximum atomic E-state index is 14.4. The van der Waals surface area contributed by atoms with Crippen molar-refractivity contribution in [2.24, 2.45) is 0 Å². The summed E-state index contributed by atoms with van der Waals surface area (Å²) >= 11 is 0. The molecule has 1 aliphatic heterocycles. The van der Waals surface area contributed by atoms with Crippen LogP contribution in [0.4, 0.5) is 14.5 Å². The van der Waals surface area contributed by atoms with Gasteiger partial charge < -0.3 is 10.5 Å². The van der Waals surface area contributed by atoms with E-state index in [1.807, 2.05) is 0 Å². The average Bonchev–Trinajstić information content (AvgIpc) is 2.42. The molecule has 0 bridgehead atoms. The van der Waals surface area contributed by atoms with E-state index >= 15 is 0 Å². The van der Waals surface area contributed by atoms with Gasteiger partial charge in [0.15, 0.2) is 0 Å². The van der Waals surface area contributed by atoms with Gasteiger partial charge in [0.05, 0.1) is 0 Å². The molecular formula is C16H13F2NO. The molecule has 0 aromatic heterocycles. The molecule has 3 rings (SSSR count). The molecule has 1 unspecified atom stereocenters. The third kappa shape index (κ3) is 2.03. The quantitative estimate of drug-likeness (QED) is 0.799. The highest BCUT2D eigenvalue weighted by molar-refractivity contribution is 5.86. The fourth-order valence-electron chi connectivity index (χ4n) is 2.33. The molecule has 1 heterocycles. The summed E-state index contributed by atoms with van der Waals surface area (Å²) in [5.41, 5.74) is 7.95. The summed E-state index contributed by atoms with van der Waals surface area (Å²) in [5.74, 6) is -0.181. The van der Waals surface area contributed by atoms with Crippen molar-refractivity contribution in [1.29, 1.82) is 0 Å². The molecule has 1 aliphatic rings. The van der Waals surface area contributed by atoms with Crippen molar-refractivity contribution in [3.8, 4) is 5.75 Å². The lowest BCUT2D eigenvalue weighted by Gasteiger charge is -2.25. The van der Waals surface area contributed by atoms with Crippen LogP contribution in [0, 0.1) is 5.82 Å². The Balaban J connectivity index is 2.21. The van der Waals surface area contributed by atoms with E-state index in [1.165, 1.54) is 12.1 Å². The van der Waals surface area contributed by atoms with E-state index in [4.69, 9.17) is 10.5 Å². The van der Waals surface area contributed by atoms with Crippen LogP contribution in [0.5, 0.6) is 5.75 Å². The molecule has 2 N–H and O–H groups in total. The largest absolute Gasteiger partial charge is 0.483 e. The van der Waals surface area contributed by atoms with E-state index in [-0.39, 0.29) is 11.6 Å². The summed E-state index contributed by atoms with van der Waals surface area (Å²) in [7, 11) is 0. The maximum Gasteiger partial charge on any atom is 0.149 e. The van der Waals surface area contributed by atoms with E-state index in [2.05, 4.69) is 0 Å². The van der Waals surface area contributed by atoms with Crippen molar-refractivity contribution in [3.63, 3.8) is 0 Å². The van der Waals surface area contributed by atoms with Gasteiger partial charge in [0.1, 0.15) is 23.5 Å². The van der Waals surface area contributed by atoms with Gasteiger partial charge in [-0.15, -0.1) is 0 Å².